The predicted octanol–water partition coefficient (Wildman–Crippen LogP) is 16.7. The number of rotatable bonds is 1. The first-order valence-corrected chi connectivity index (χ1v) is 26.4. The number of aromatic nitrogens is 1. The Morgan fingerprint density at radius 3 is 1.96 bits per heavy atom. The number of thiophene rings is 2. The molecule has 0 atom stereocenters. The highest BCUT2D eigenvalue weighted by molar-refractivity contribution is 7.26. The maximum atomic E-state index is 2.76. The van der Waals surface area contributed by atoms with Gasteiger partial charge in [-0.2, -0.15) is 0 Å². The summed E-state index contributed by atoms with van der Waals surface area (Å²) in [6.07, 6.45) is 2.42. The van der Waals surface area contributed by atoms with E-state index < -0.39 is 0 Å². The van der Waals surface area contributed by atoms with Gasteiger partial charge in [-0.05, 0) is 145 Å². The second-order valence-corrected chi connectivity index (χ2v) is 25.7. The molecular formula is C63H53BN2S2. The van der Waals surface area contributed by atoms with Crippen LogP contribution >= 0.6 is 22.7 Å². The van der Waals surface area contributed by atoms with Crippen LogP contribution in [0.5, 0.6) is 0 Å². The maximum absolute atomic E-state index is 2.76. The summed E-state index contributed by atoms with van der Waals surface area (Å²) in [5.41, 5.74) is 22.1. The first kappa shape index (κ1) is 39.8. The van der Waals surface area contributed by atoms with E-state index in [4.69, 9.17) is 0 Å². The number of benzene rings is 8. The number of hydrogen-bond donors (Lipinski definition) is 0. The Balaban J connectivity index is 1.09. The van der Waals surface area contributed by atoms with E-state index in [1.54, 1.807) is 0 Å². The molecule has 0 amide bonds. The molecule has 0 saturated carbocycles. The zero-order valence-electron chi connectivity index (χ0n) is 40.4. The fraction of sp³-hybridized carbons (Fsp3) is 0.238. The lowest BCUT2D eigenvalue weighted by atomic mass is 9.43. The highest BCUT2D eigenvalue weighted by atomic mass is 32.1. The molecule has 0 radical (unpaired) electrons. The molecular weight excluding hydrogens is 860 g/mol. The minimum Gasteiger partial charge on any atom is -0.376 e. The SMILES string of the molecule is CC(C)(C)c1ccc(N2B3c4cc5c(cc4-n4c6cc7sc8ccccc8c7cc6c6ccc(c3c64)-c3cc4sc6cc7c(cc6c4cc32)C(C)(C)CCC7(C)C)-c2ccccc2C5(C)C)cc1. The molecule has 0 saturated heterocycles. The molecule has 2 nitrogen and oxygen atoms in total. The number of hydrogen-bond acceptors (Lipinski definition) is 3. The van der Waals surface area contributed by atoms with Gasteiger partial charge in [-0.15, -0.1) is 22.7 Å². The van der Waals surface area contributed by atoms with Crippen LogP contribution in [0.2, 0.25) is 0 Å². The summed E-state index contributed by atoms with van der Waals surface area (Å²) in [4.78, 5) is 2.76. The average Bonchev–Trinajstić information content (AvgIpc) is 4.03. The molecule has 68 heavy (non-hydrogen) atoms. The molecule has 5 heterocycles. The third kappa shape index (κ3) is 4.99. The van der Waals surface area contributed by atoms with Gasteiger partial charge in [-0.25, -0.2) is 0 Å². The second-order valence-electron chi connectivity index (χ2n) is 23.5. The molecule has 15 rings (SSSR count). The first-order chi connectivity index (χ1) is 32.6. The van der Waals surface area contributed by atoms with E-state index in [0.29, 0.717) is 0 Å². The zero-order chi connectivity index (χ0) is 46.1. The van der Waals surface area contributed by atoms with Crippen molar-refractivity contribution < 1.29 is 0 Å². The van der Waals surface area contributed by atoms with Crippen molar-refractivity contribution in [2.75, 3.05) is 4.81 Å². The van der Waals surface area contributed by atoms with Gasteiger partial charge in [0.15, 0.2) is 0 Å². The van der Waals surface area contributed by atoms with Gasteiger partial charge in [-0.1, -0.05) is 135 Å². The third-order valence-electron chi connectivity index (χ3n) is 17.4. The Labute approximate surface area is 407 Å². The van der Waals surface area contributed by atoms with E-state index in [1.165, 1.54) is 153 Å². The number of nitrogens with zero attached hydrogens (tertiary/aromatic N) is 2. The highest BCUT2D eigenvalue weighted by Crippen LogP contribution is 2.54. The minimum absolute atomic E-state index is 0.0406. The molecule has 0 unspecified atom stereocenters. The molecule has 5 heteroatoms. The Bertz CT molecular complexity index is 4110. The lowest BCUT2D eigenvalue weighted by Gasteiger charge is -2.42. The van der Waals surface area contributed by atoms with Crippen LogP contribution in [0.4, 0.5) is 11.4 Å². The van der Waals surface area contributed by atoms with Crippen molar-refractivity contribution in [3.05, 3.63) is 161 Å². The largest absolute Gasteiger partial charge is 0.376 e. The smallest absolute Gasteiger partial charge is 0.333 e. The van der Waals surface area contributed by atoms with Crippen molar-refractivity contribution in [3.63, 3.8) is 0 Å². The maximum Gasteiger partial charge on any atom is 0.333 e. The van der Waals surface area contributed by atoms with E-state index in [-0.39, 0.29) is 28.5 Å². The Hall–Kier alpha value is -6.14. The van der Waals surface area contributed by atoms with E-state index in [2.05, 4.69) is 205 Å². The van der Waals surface area contributed by atoms with Crippen molar-refractivity contribution in [1.29, 1.82) is 0 Å². The van der Waals surface area contributed by atoms with Gasteiger partial charge in [-0.3, -0.25) is 0 Å². The fourth-order valence-corrected chi connectivity index (χ4v) is 15.8. The Morgan fingerprint density at radius 1 is 0.485 bits per heavy atom. The normalized spacial score (nSPS) is 17.1. The van der Waals surface area contributed by atoms with Gasteiger partial charge in [0.25, 0.3) is 0 Å². The second kappa shape index (κ2) is 12.7. The molecule has 11 aromatic rings. The molecule has 0 N–H and O–H groups in total. The topological polar surface area (TPSA) is 8.17 Å². The molecule has 2 aliphatic heterocycles. The molecule has 0 spiro atoms. The van der Waals surface area contributed by atoms with E-state index >= 15 is 0 Å². The van der Waals surface area contributed by atoms with Crippen LogP contribution in [0.25, 0.3) is 90.1 Å². The highest BCUT2D eigenvalue weighted by Gasteiger charge is 2.47. The monoisotopic (exact) mass is 912 g/mol. The third-order valence-corrected chi connectivity index (χ3v) is 19.6. The van der Waals surface area contributed by atoms with E-state index in [1.807, 2.05) is 22.7 Å². The van der Waals surface area contributed by atoms with Gasteiger partial charge in [0.2, 0.25) is 0 Å². The summed E-state index contributed by atoms with van der Waals surface area (Å²) < 4.78 is 8.14. The summed E-state index contributed by atoms with van der Waals surface area (Å²) >= 11 is 3.91. The van der Waals surface area contributed by atoms with Gasteiger partial charge < -0.3 is 9.38 Å². The molecule has 3 aromatic heterocycles. The van der Waals surface area contributed by atoms with Crippen LogP contribution in [-0.2, 0) is 21.7 Å². The van der Waals surface area contributed by atoms with Crippen molar-refractivity contribution in [1.82, 2.24) is 4.57 Å². The van der Waals surface area contributed by atoms with Gasteiger partial charge >= 0.3 is 6.85 Å². The van der Waals surface area contributed by atoms with Gasteiger partial charge in [0, 0.05) is 79.2 Å². The van der Waals surface area contributed by atoms with Crippen LogP contribution in [0.3, 0.4) is 0 Å². The van der Waals surface area contributed by atoms with E-state index in [9.17, 15) is 0 Å². The molecule has 330 valence electrons. The summed E-state index contributed by atoms with van der Waals surface area (Å²) in [6.45, 7) is 21.6. The summed E-state index contributed by atoms with van der Waals surface area (Å²) in [7, 11) is 0. The first-order valence-electron chi connectivity index (χ1n) is 24.7. The van der Waals surface area contributed by atoms with Crippen molar-refractivity contribution >= 4 is 114 Å². The number of fused-ring (bicyclic) bond motifs is 18. The van der Waals surface area contributed by atoms with E-state index in [0.717, 1.165) is 0 Å². The van der Waals surface area contributed by atoms with Crippen molar-refractivity contribution in [2.24, 2.45) is 0 Å². The quantitative estimate of drug-likeness (QED) is 0.149. The molecule has 8 aromatic carbocycles. The van der Waals surface area contributed by atoms with Crippen LogP contribution < -0.4 is 15.7 Å². The van der Waals surface area contributed by atoms with Crippen LogP contribution in [0.15, 0.2) is 133 Å². The molecule has 0 fully saturated rings. The lowest BCUT2D eigenvalue weighted by Crippen LogP contribution is -2.60. The summed E-state index contributed by atoms with van der Waals surface area (Å²) in [5.74, 6) is 0. The predicted molar refractivity (Wildman–Crippen MR) is 297 cm³/mol. The van der Waals surface area contributed by atoms with Crippen molar-refractivity contribution in [3.8, 4) is 27.9 Å². The standard InChI is InChI=1S/C63H53BN2S2/c1-60(2,3)34-18-20-35(21-19-34)66-52-29-45-44-27-48-49(62(6,7)25-24-61(48,4)5)32-56(44)68-55(45)30-42(52)38-22-23-39-41-26-43-37-15-11-13-17-54(37)67-57(43)33-51(41)65-53-28-40-36-14-10-12-16-46(36)63(8,9)47(40)31-50(53)64(66)58(38)59(39)65/h10-23,26-33H,24-25H2,1-9H3. The Morgan fingerprint density at radius 2 is 1.16 bits per heavy atom. The molecule has 0 bridgehead atoms. The van der Waals surface area contributed by atoms with Crippen LogP contribution in [0.1, 0.15) is 103 Å². The van der Waals surface area contributed by atoms with Crippen LogP contribution in [-0.4, -0.2) is 11.4 Å². The zero-order valence-corrected chi connectivity index (χ0v) is 42.0. The molecule has 4 aliphatic rings. The van der Waals surface area contributed by atoms with Gasteiger partial charge in [0.05, 0.1) is 11.0 Å². The number of anilines is 2. The van der Waals surface area contributed by atoms with Gasteiger partial charge in [0.1, 0.15) is 0 Å². The summed E-state index contributed by atoms with van der Waals surface area (Å²) in [6, 6.07) is 53.3. The van der Waals surface area contributed by atoms with Crippen LogP contribution in [0, 0.1) is 0 Å². The summed E-state index contributed by atoms with van der Waals surface area (Å²) in [5, 5.41) is 8.12. The lowest BCUT2D eigenvalue weighted by molar-refractivity contribution is 0.332. The average molecular weight is 913 g/mol. The molecule has 2 aliphatic carbocycles. The fourth-order valence-electron chi connectivity index (χ4n) is 13.5. The minimum atomic E-state index is -0.146. The Kier molecular flexibility index (Phi) is 7.46. The van der Waals surface area contributed by atoms with Crippen molar-refractivity contribution in [2.45, 2.75) is 96.8 Å².